The molecule has 0 heterocycles. The Kier molecular flexibility index (Phi) is 3.72. The third kappa shape index (κ3) is 2.81. The molecule has 0 aromatic heterocycles. The summed E-state index contributed by atoms with van der Waals surface area (Å²) in [7, 11) is -3.12. The van der Waals surface area contributed by atoms with Crippen molar-refractivity contribution in [1.29, 1.82) is 0 Å². The van der Waals surface area contributed by atoms with Crippen LogP contribution in [0.25, 0.3) is 0 Å². The lowest BCUT2D eigenvalue weighted by atomic mass is 10.1. The van der Waals surface area contributed by atoms with E-state index >= 15 is 0 Å². The largest absolute Gasteiger partial charge is 0.378 e. The Morgan fingerprint density at radius 1 is 1.10 bits per heavy atom. The number of benzene rings is 2. The third-order valence-electron chi connectivity index (χ3n) is 4.07. The molecular weight excluding hydrogens is 282 g/mol. The molecule has 0 saturated heterocycles. The van der Waals surface area contributed by atoms with Gasteiger partial charge in [-0.2, -0.15) is 0 Å². The van der Waals surface area contributed by atoms with Gasteiger partial charge < -0.3 is 5.32 Å². The van der Waals surface area contributed by atoms with Gasteiger partial charge in [-0.05, 0) is 48.2 Å². The maximum atomic E-state index is 11.8. The molecule has 4 heteroatoms. The standard InChI is InChI=1S/C17H19NO2S/c1-2-21(19,20)15-10-8-14(9-11-15)18-17-12-7-13-5-3-4-6-16(13)17/h3-6,8-11,17-18H,2,7,12H2,1H3. The highest BCUT2D eigenvalue weighted by atomic mass is 32.2. The third-order valence-corrected chi connectivity index (χ3v) is 5.82. The van der Waals surface area contributed by atoms with Crippen molar-refractivity contribution in [2.75, 3.05) is 11.1 Å². The van der Waals surface area contributed by atoms with Crippen molar-refractivity contribution in [1.82, 2.24) is 0 Å². The van der Waals surface area contributed by atoms with Crippen molar-refractivity contribution in [2.24, 2.45) is 0 Å². The molecule has 0 aliphatic heterocycles. The molecule has 2 aromatic carbocycles. The van der Waals surface area contributed by atoms with Crippen molar-refractivity contribution in [3.8, 4) is 0 Å². The molecule has 0 amide bonds. The number of aryl methyl sites for hydroxylation is 1. The molecule has 2 aromatic rings. The van der Waals surface area contributed by atoms with Gasteiger partial charge in [-0.3, -0.25) is 0 Å². The quantitative estimate of drug-likeness (QED) is 0.939. The van der Waals surface area contributed by atoms with E-state index in [4.69, 9.17) is 0 Å². The number of nitrogens with one attached hydrogen (secondary N) is 1. The molecule has 3 rings (SSSR count). The van der Waals surface area contributed by atoms with Crippen molar-refractivity contribution < 1.29 is 8.42 Å². The van der Waals surface area contributed by atoms with Gasteiger partial charge in [0.15, 0.2) is 9.84 Å². The second kappa shape index (κ2) is 5.53. The van der Waals surface area contributed by atoms with E-state index in [2.05, 4.69) is 29.6 Å². The highest BCUT2D eigenvalue weighted by molar-refractivity contribution is 7.91. The van der Waals surface area contributed by atoms with Crippen LogP contribution in [0.5, 0.6) is 0 Å². The molecular formula is C17H19NO2S. The minimum Gasteiger partial charge on any atom is -0.378 e. The van der Waals surface area contributed by atoms with Gasteiger partial charge in [-0.15, -0.1) is 0 Å². The first-order valence-electron chi connectivity index (χ1n) is 7.27. The number of rotatable bonds is 4. The molecule has 0 bridgehead atoms. The molecule has 110 valence electrons. The Bertz CT molecular complexity index is 736. The minimum atomic E-state index is -3.12. The second-order valence-corrected chi connectivity index (χ2v) is 7.64. The van der Waals surface area contributed by atoms with Gasteiger partial charge in [-0.25, -0.2) is 8.42 Å². The lowest BCUT2D eigenvalue weighted by molar-refractivity contribution is 0.597. The van der Waals surface area contributed by atoms with Crippen molar-refractivity contribution in [3.05, 3.63) is 59.7 Å². The zero-order chi connectivity index (χ0) is 14.9. The van der Waals surface area contributed by atoms with Crippen LogP contribution in [0.3, 0.4) is 0 Å². The molecule has 1 unspecified atom stereocenters. The van der Waals surface area contributed by atoms with Gasteiger partial charge >= 0.3 is 0 Å². The average molecular weight is 301 g/mol. The summed E-state index contributed by atoms with van der Waals surface area (Å²) in [6.45, 7) is 1.66. The number of sulfone groups is 1. The molecule has 1 aliphatic carbocycles. The summed E-state index contributed by atoms with van der Waals surface area (Å²) in [4.78, 5) is 0.391. The Morgan fingerprint density at radius 2 is 1.81 bits per heavy atom. The maximum absolute atomic E-state index is 11.8. The molecule has 1 aliphatic rings. The monoisotopic (exact) mass is 301 g/mol. The molecule has 3 nitrogen and oxygen atoms in total. The summed E-state index contributed by atoms with van der Waals surface area (Å²) < 4.78 is 23.6. The van der Waals surface area contributed by atoms with Crippen molar-refractivity contribution in [3.63, 3.8) is 0 Å². The van der Waals surface area contributed by atoms with Gasteiger partial charge in [0, 0.05) is 5.69 Å². The van der Waals surface area contributed by atoms with E-state index in [1.165, 1.54) is 11.1 Å². The Balaban J connectivity index is 1.78. The van der Waals surface area contributed by atoms with E-state index in [0.29, 0.717) is 10.9 Å². The fourth-order valence-electron chi connectivity index (χ4n) is 2.83. The lowest BCUT2D eigenvalue weighted by Crippen LogP contribution is -2.08. The molecule has 0 saturated carbocycles. The zero-order valence-electron chi connectivity index (χ0n) is 12.0. The van der Waals surface area contributed by atoms with E-state index in [9.17, 15) is 8.42 Å². The van der Waals surface area contributed by atoms with Crippen LogP contribution in [0.15, 0.2) is 53.4 Å². The SMILES string of the molecule is CCS(=O)(=O)c1ccc(NC2CCc3ccccc32)cc1. The van der Waals surface area contributed by atoms with E-state index in [0.717, 1.165) is 18.5 Å². The summed E-state index contributed by atoms with van der Waals surface area (Å²) in [5.41, 5.74) is 3.72. The van der Waals surface area contributed by atoms with Gasteiger partial charge in [0.05, 0.1) is 16.7 Å². The highest BCUT2D eigenvalue weighted by Gasteiger charge is 2.21. The van der Waals surface area contributed by atoms with Crippen LogP contribution >= 0.6 is 0 Å². The minimum absolute atomic E-state index is 0.135. The average Bonchev–Trinajstić information content (AvgIpc) is 2.91. The number of anilines is 1. The number of fused-ring (bicyclic) bond motifs is 1. The Hall–Kier alpha value is -1.81. The first-order chi connectivity index (χ1) is 10.1. The van der Waals surface area contributed by atoms with Gasteiger partial charge in [-0.1, -0.05) is 31.2 Å². The van der Waals surface area contributed by atoms with E-state index < -0.39 is 9.84 Å². The molecule has 1 atom stereocenters. The van der Waals surface area contributed by atoms with E-state index in [1.54, 1.807) is 19.1 Å². The number of hydrogen-bond donors (Lipinski definition) is 1. The van der Waals surface area contributed by atoms with E-state index in [-0.39, 0.29) is 5.75 Å². The highest BCUT2D eigenvalue weighted by Crippen LogP contribution is 2.33. The van der Waals surface area contributed by atoms with Gasteiger partial charge in [0.2, 0.25) is 0 Å². The summed E-state index contributed by atoms with van der Waals surface area (Å²) in [6.07, 6.45) is 2.17. The van der Waals surface area contributed by atoms with Crippen LogP contribution in [0.2, 0.25) is 0 Å². The first-order valence-corrected chi connectivity index (χ1v) is 8.92. The van der Waals surface area contributed by atoms with Crippen LogP contribution in [0.1, 0.15) is 30.5 Å². The Morgan fingerprint density at radius 3 is 2.52 bits per heavy atom. The number of hydrogen-bond acceptors (Lipinski definition) is 3. The fraction of sp³-hybridized carbons (Fsp3) is 0.294. The lowest BCUT2D eigenvalue weighted by Gasteiger charge is -2.15. The molecule has 0 radical (unpaired) electrons. The second-order valence-electron chi connectivity index (χ2n) is 5.36. The van der Waals surface area contributed by atoms with Crippen LogP contribution in [0.4, 0.5) is 5.69 Å². The zero-order valence-corrected chi connectivity index (χ0v) is 12.9. The molecule has 21 heavy (non-hydrogen) atoms. The molecule has 1 N–H and O–H groups in total. The van der Waals surface area contributed by atoms with Gasteiger partial charge in [0.1, 0.15) is 0 Å². The van der Waals surface area contributed by atoms with Crippen LogP contribution in [-0.4, -0.2) is 14.2 Å². The first kappa shape index (κ1) is 14.1. The van der Waals surface area contributed by atoms with Crippen molar-refractivity contribution in [2.45, 2.75) is 30.7 Å². The summed E-state index contributed by atoms with van der Waals surface area (Å²) >= 11 is 0. The van der Waals surface area contributed by atoms with Crippen molar-refractivity contribution >= 4 is 15.5 Å². The fourth-order valence-corrected chi connectivity index (χ4v) is 3.72. The van der Waals surface area contributed by atoms with Crippen LogP contribution in [0, 0.1) is 0 Å². The normalized spacial score (nSPS) is 17.5. The maximum Gasteiger partial charge on any atom is 0.178 e. The topological polar surface area (TPSA) is 46.2 Å². The summed E-state index contributed by atoms with van der Waals surface area (Å²) in [5.74, 6) is 0.135. The van der Waals surface area contributed by atoms with Crippen LogP contribution in [-0.2, 0) is 16.3 Å². The molecule has 0 spiro atoms. The van der Waals surface area contributed by atoms with Crippen LogP contribution < -0.4 is 5.32 Å². The van der Waals surface area contributed by atoms with Gasteiger partial charge in [0.25, 0.3) is 0 Å². The summed E-state index contributed by atoms with van der Waals surface area (Å²) in [6, 6.07) is 15.9. The predicted octanol–water partition coefficient (Wildman–Crippen LogP) is 3.58. The smallest absolute Gasteiger partial charge is 0.178 e. The predicted molar refractivity (Wildman–Crippen MR) is 85.3 cm³/mol. The summed E-state index contributed by atoms with van der Waals surface area (Å²) in [5, 5.41) is 3.50. The van der Waals surface area contributed by atoms with E-state index in [1.807, 2.05) is 12.1 Å². The Labute approximate surface area is 125 Å². The molecule has 0 fully saturated rings.